The van der Waals surface area contributed by atoms with Gasteiger partial charge in [0.2, 0.25) is 0 Å². The Hall–Kier alpha value is -0.970. The van der Waals surface area contributed by atoms with Crippen molar-refractivity contribution >= 4 is 52.4 Å². The molecule has 7 heteroatoms. The van der Waals surface area contributed by atoms with Crippen LogP contribution in [0.15, 0.2) is 30.3 Å². The smallest absolute Gasteiger partial charge is 0.337 e. The third-order valence-corrected chi connectivity index (χ3v) is 3.96. The zero-order valence-corrected chi connectivity index (χ0v) is 13.3. The second-order valence-corrected chi connectivity index (χ2v) is 5.85. The molecular weight excluding hydrogens is 358 g/mol. The summed E-state index contributed by atoms with van der Waals surface area (Å²) in [4.78, 5) is 11.0. The number of aliphatic carboxylic acids is 1. The molecule has 3 nitrogen and oxygen atoms in total. The van der Waals surface area contributed by atoms with E-state index >= 15 is 0 Å². The Labute approximate surface area is 140 Å². The molecule has 2 aromatic carbocycles. The summed E-state index contributed by atoms with van der Waals surface area (Å²) in [6, 6.07) is 7.46. The average molecular weight is 366 g/mol. The molecule has 0 fully saturated rings. The van der Waals surface area contributed by atoms with Crippen LogP contribution in [0.2, 0.25) is 20.1 Å². The summed E-state index contributed by atoms with van der Waals surface area (Å²) < 4.78 is 0. The molecule has 0 bridgehead atoms. The molecule has 0 amide bonds. The van der Waals surface area contributed by atoms with Gasteiger partial charge in [-0.15, -0.1) is 0 Å². The SMILES string of the molecule is O=C(O)C(O)c1cccc(Cl)c1-c1c(Cl)cc(Cl)cc1Cl. The third kappa shape index (κ3) is 3.28. The van der Waals surface area contributed by atoms with E-state index in [0.29, 0.717) is 10.6 Å². The van der Waals surface area contributed by atoms with Crippen molar-refractivity contribution in [2.45, 2.75) is 6.10 Å². The van der Waals surface area contributed by atoms with E-state index in [1.807, 2.05) is 0 Å². The van der Waals surface area contributed by atoms with Crippen LogP contribution in [-0.4, -0.2) is 16.2 Å². The third-order valence-electron chi connectivity index (χ3n) is 2.83. The monoisotopic (exact) mass is 364 g/mol. The second kappa shape index (κ2) is 6.42. The Morgan fingerprint density at radius 3 is 2.05 bits per heavy atom. The molecule has 2 rings (SSSR count). The van der Waals surface area contributed by atoms with Gasteiger partial charge in [-0.2, -0.15) is 0 Å². The van der Waals surface area contributed by atoms with Crippen LogP contribution in [-0.2, 0) is 4.79 Å². The summed E-state index contributed by atoms with van der Waals surface area (Å²) in [6.45, 7) is 0. The van der Waals surface area contributed by atoms with Gasteiger partial charge in [-0.05, 0) is 18.2 Å². The standard InChI is InChI=1S/C14H8Cl4O3/c15-6-4-9(17)12(10(18)5-6)11-7(13(19)14(20)21)2-1-3-8(11)16/h1-5,13,19H,(H,20,21). The predicted octanol–water partition coefficient (Wildman–Crippen LogP) is 5.09. The molecule has 0 radical (unpaired) electrons. The highest BCUT2D eigenvalue weighted by Gasteiger charge is 2.24. The number of benzene rings is 2. The van der Waals surface area contributed by atoms with Gasteiger partial charge in [0.05, 0.1) is 10.0 Å². The number of carboxylic acid groups (broad SMARTS) is 1. The van der Waals surface area contributed by atoms with Crippen molar-refractivity contribution in [1.82, 2.24) is 0 Å². The maximum absolute atomic E-state index is 11.0. The topological polar surface area (TPSA) is 57.5 Å². The Morgan fingerprint density at radius 2 is 1.52 bits per heavy atom. The molecule has 2 N–H and O–H groups in total. The van der Waals surface area contributed by atoms with Crippen molar-refractivity contribution in [2.75, 3.05) is 0 Å². The molecule has 0 heterocycles. The lowest BCUT2D eigenvalue weighted by atomic mass is 9.96. The highest BCUT2D eigenvalue weighted by atomic mass is 35.5. The normalized spacial score (nSPS) is 12.2. The lowest BCUT2D eigenvalue weighted by Gasteiger charge is -2.16. The first kappa shape index (κ1) is 16.4. The predicted molar refractivity (Wildman–Crippen MR) is 84.5 cm³/mol. The number of aliphatic hydroxyl groups excluding tert-OH is 1. The zero-order valence-electron chi connectivity index (χ0n) is 10.3. The summed E-state index contributed by atoms with van der Waals surface area (Å²) in [6.07, 6.45) is -1.75. The van der Waals surface area contributed by atoms with Crippen LogP contribution < -0.4 is 0 Å². The second-order valence-electron chi connectivity index (χ2n) is 4.19. The van der Waals surface area contributed by atoms with Gasteiger partial charge < -0.3 is 10.2 Å². The number of rotatable bonds is 3. The van der Waals surface area contributed by atoms with Gasteiger partial charge in [0.25, 0.3) is 0 Å². The van der Waals surface area contributed by atoms with Crippen LogP contribution in [0.5, 0.6) is 0 Å². The number of halogens is 4. The minimum atomic E-state index is -1.75. The maximum atomic E-state index is 11.0. The van der Waals surface area contributed by atoms with Crippen molar-refractivity contribution < 1.29 is 15.0 Å². The molecule has 1 unspecified atom stereocenters. The van der Waals surface area contributed by atoms with Gasteiger partial charge in [0, 0.05) is 26.7 Å². The van der Waals surface area contributed by atoms with Gasteiger partial charge in [0.1, 0.15) is 0 Å². The Morgan fingerprint density at radius 1 is 0.952 bits per heavy atom. The van der Waals surface area contributed by atoms with Gasteiger partial charge in [0.15, 0.2) is 6.10 Å². The summed E-state index contributed by atoms with van der Waals surface area (Å²) >= 11 is 24.3. The van der Waals surface area contributed by atoms with Crippen molar-refractivity contribution in [3.63, 3.8) is 0 Å². The van der Waals surface area contributed by atoms with E-state index in [1.54, 1.807) is 6.07 Å². The van der Waals surface area contributed by atoms with Crippen LogP contribution >= 0.6 is 46.4 Å². The highest BCUT2D eigenvalue weighted by Crippen LogP contribution is 2.43. The summed E-state index contributed by atoms with van der Waals surface area (Å²) in [5.41, 5.74) is 0.686. The Bertz CT molecular complexity index is 692. The summed E-state index contributed by atoms with van der Waals surface area (Å²) in [5, 5.41) is 19.8. The van der Waals surface area contributed by atoms with Crippen LogP contribution in [0.1, 0.15) is 11.7 Å². The average Bonchev–Trinajstić information content (AvgIpc) is 2.38. The van der Waals surface area contributed by atoms with Crippen molar-refractivity contribution in [3.8, 4) is 11.1 Å². The van der Waals surface area contributed by atoms with Gasteiger partial charge in [-0.1, -0.05) is 58.5 Å². The molecule has 110 valence electrons. The van der Waals surface area contributed by atoms with Crippen LogP contribution in [0.3, 0.4) is 0 Å². The summed E-state index contributed by atoms with van der Waals surface area (Å²) in [7, 11) is 0. The van der Waals surface area contributed by atoms with E-state index in [2.05, 4.69) is 0 Å². The van der Waals surface area contributed by atoms with E-state index in [-0.39, 0.29) is 26.2 Å². The molecule has 0 aliphatic rings. The number of hydrogen-bond acceptors (Lipinski definition) is 2. The molecule has 0 aliphatic carbocycles. The van der Waals surface area contributed by atoms with Gasteiger partial charge in [-0.25, -0.2) is 4.79 Å². The molecule has 1 atom stereocenters. The Kier molecular flexibility index (Phi) is 5.02. The number of hydrogen-bond donors (Lipinski definition) is 2. The zero-order chi connectivity index (χ0) is 15.7. The summed E-state index contributed by atoms with van der Waals surface area (Å²) in [5.74, 6) is -1.40. The molecule has 21 heavy (non-hydrogen) atoms. The lowest BCUT2D eigenvalue weighted by Crippen LogP contribution is -2.12. The molecular formula is C14H8Cl4O3. The van der Waals surface area contributed by atoms with E-state index in [4.69, 9.17) is 51.5 Å². The fraction of sp³-hybridized carbons (Fsp3) is 0.0714. The highest BCUT2D eigenvalue weighted by molar-refractivity contribution is 6.43. The first-order valence-corrected chi connectivity index (χ1v) is 7.18. The largest absolute Gasteiger partial charge is 0.479 e. The molecule has 0 aromatic heterocycles. The fourth-order valence-corrected chi connectivity index (χ4v) is 3.23. The molecule has 0 saturated carbocycles. The van der Waals surface area contributed by atoms with Crippen molar-refractivity contribution in [2.24, 2.45) is 0 Å². The van der Waals surface area contributed by atoms with E-state index < -0.39 is 12.1 Å². The number of carboxylic acids is 1. The minimum absolute atomic E-state index is 0.0983. The maximum Gasteiger partial charge on any atom is 0.337 e. The van der Waals surface area contributed by atoms with Crippen LogP contribution in [0.25, 0.3) is 11.1 Å². The molecule has 0 saturated heterocycles. The minimum Gasteiger partial charge on any atom is -0.479 e. The van der Waals surface area contributed by atoms with Crippen molar-refractivity contribution in [1.29, 1.82) is 0 Å². The van der Waals surface area contributed by atoms with Gasteiger partial charge >= 0.3 is 5.97 Å². The quantitative estimate of drug-likeness (QED) is 0.796. The first-order chi connectivity index (χ1) is 9.82. The molecule has 0 spiro atoms. The number of aliphatic hydroxyl groups is 1. The molecule has 2 aromatic rings. The first-order valence-electron chi connectivity index (χ1n) is 5.67. The van der Waals surface area contributed by atoms with Crippen molar-refractivity contribution in [3.05, 3.63) is 56.0 Å². The number of carbonyl (C=O) groups is 1. The van der Waals surface area contributed by atoms with E-state index in [0.717, 1.165) is 0 Å². The fourth-order valence-electron chi connectivity index (χ4n) is 1.95. The lowest BCUT2D eigenvalue weighted by molar-refractivity contribution is -0.146. The van der Waals surface area contributed by atoms with Gasteiger partial charge in [-0.3, -0.25) is 0 Å². The van der Waals surface area contributed by atoms with Crippen LogP contribution in [0.4, 0.5) is 0 Å². The molecule has 0 aliphatic heterocycles. The Balaban J connectivity index is 2.78. The van der Waals surface area contributed by atoms with E-state index in [9.17, 15) is 9.90 Å². The van der Waals surface area contributed by atoms with E-state index in [1.165, 1.54) is 24.3 Å². The van der Waals surface area contributed by atoms with Crippen LogP contribution in [0, 0.1) is 0 Å².